The Morgan fingerprint density at radius 1 is 0.895 bits per heavy atom. The first kappa shape index (κ1) is 13.9. The molecule has 2 rings (SSSR count). The summed E-state index contributed by atoms with van der Waals surface area (Å²) in [7, 11) is 0. The van der Waals surface area contributed by atoms with Crippen LogP contribution in [0.1, 0.15) is 22.9 Å². The highest BCUT2D eigenvalue weighted by atomic mass is 35.5. The molecule has 0 amide bonds. The number of halogens is 4. The highest BCUT2D eigenvalue weighted by Gasteiger charge is 2.15. The van der Waals surface area contributed by atoms with Crippen LogP contribution in [0.4, 0.5) is 13.2 Å². The van der Waals surface area contributed by atoms with Gasteiger partial charge in [-0.05, 0) is 30.0 Å². The van der Waals surface area contributed by atoms with Crippen molar-refractivity contribution >= 4 is 11.6 Å². The topological polar surface area (TPSA) is 0 Å². The summed E-state index contributed by atoms with van der Waals surface area (Å²) < 4.78 is 39.3. The molecular formula is C15H12ClF3. The van der Waals surface area contributed by atoms with E-state index in [1.54, 1.807) is 0 Å². The van der Waals surface area contributed by atoms with Gasteiger partial charge in [0.05, 0.1) is 5.38 Å². The highest BCUT2D eigenvalue weighted by molar-refractivity contribution is 6.20. The van der Waals surface area contributed by atoms with Gasteiger partial charge in [0.15, 0.2) is 17.5 Å². The first-order valence-corrected chi connectivity index (χ1v) is 6.34. The molecule has 0 radical (unpaired) electrons. The van der Waals surface area contributed by atoms with E-state index < -0.39 is 17.5 Å². The van der Waals surface area contributed by atoms with Crippen LogP contribution in [-0.4, -0.2) is 0 Å². The second-order valence-electron chi connectivity index (χ2n) is 4.25. The van der Waals surface area contributed by atoms with Crippen LogP contribution in [0.2, 0.25) is 0 Å². The number of hydrogen-bond donors (Lipinski definition) is 0. The molecular weight excluding hydrogens is 273 g/mol. The molecule has 19 heavy (non-hydrogen) atoms. The van der Waals surface area contributed by atoms with Gasteiger partial charge in [-0.25, -0.2) is 13.2 Å². The third-order valence-corrected chi connectivity index (χ3v) is 3.41. The van der Waals surface area contributed by atoms with Gasteiger partial charge < -0.3 is 0 Å². The van der Waals surface area contributed by atoms with Crippen LogP contribution in [0, 0.1) is 17.5 Å². The number of benzene rings is 2. The molecule has 0 spiro atoms. The van der Waals surface area contributed by atoms with Crippen LogP contribution in [0.5, 0.6) is 0 Å². The van der Waals surface area contributed by atoms with Crippen molar-refractivity contribution in [3.8, 4) is 0 Å². The number of aryl methyl sites for hydroxylation is 1. The molecule has 0 N–H and O–H groups in total. The Morgan fingerprint density at radius 3 is 2.26 bits per heavy atom. The number of hydrogen-bond acceptors (Lipinski definition) is 0. The maximum atomic E-state index is 13.5. The van der Waals surface area contributed by atoms with Crippen molar-refractivity contribution in [2.75, 3.05) is 0 Å². The minimum atomic E-state index is -1.43. The third kappa shape index (κ3) is 3.29. The Labute approximate surface area is 114 Å². The molecule has 2 aromatic rings. The predicted octanol–water partition coefficient (Wildman–Crippen LogP) is 5.02. The summed E-state index contributed by atoms with van der Waals surface area (Å²) in [6, 6.07) is 11.5. The van der Waals surface area contributed by atoms with E-state index in [1.807, 2.05) is 30.3 Å². The lowest BCUT2D eigenvalue weighted by Crippen LogP contribution is -2.00. The molecule has 0 saturated carbocycles. The molecule has 2 aromatic carbocycles. The van der Waals surface area contributed by atoms with E-state index in [1.165, 1.54) is 6.07 Å². The molecule has 0 aliphatic heterocycles. The van der Waals surface area contributed by atoms with E-state index in [2.05, 4.69) is 0 Å². The molecule has 0 aliphatic rings. The van der Waals surface area contributed by atoms with Crippen LogP contribution < -0.4 is 0 Å². The summed E-state index contributed by atoms with van der Waals surface area (Å²) in [4.78, 5) is 0. The minimum absolute atomic E-state index is 0.139. The molecule has 0 heterocycles. The summed E-state index contributed by atoms with van der Waals surface area (Å²) in [5.41, 5.74) is 1.06. The van der Waals surface area contributed by atoms with Gasteiger partial charge in [0.2, 0.25) is 0 Å². The molecule has 100 valence electrons. The molecule has 4 heteroatoms. The van der Waals surface area contributed by atoms with E-state index in [0.29, 0.717) is 6.42 Å². The summed E-state index contributed by atoms with van der Waals surface area (Å²) >= 11 is 6.19. The molecule has 0 aliphatic carbocycles. The lowest BCUT2D eigenvalue weighted by molar-refractivity contribution is 0.440. The first-order chi connectivity index (χ1) is 9.09. The highest BCUT2D eigenvalue weighted by Crippen LogP contribution is 2.26. The fourth-order valence-corrected chi connectivity index (χ4v) is 2.12. The third-order valence-electron chi connectivity index (χ3n) is 2.94. The van der Waals surface area contributed by atoms with Gasteiger partial charge in [-0.2, -0.15) is 0 Å². The van der Waals surface area contributed by atoms with Gasteiger partial charge in [-0.3, -0.25) is 0 Å². The molecule has 0 aromatic heterocycles. The van der Waals surface area contributed by atoms with Gasteiger partial charge in [-0.15, -0.1) is 11.6 Å². The van der Waals surface area contributed by atoms with Gasteiger partial charge >= 0.3 is 0 Å². The second kappa shape index (κ2) is 6.11. The maximum absolute atomic E-state index is 13.5. The molecule has 1 atom stereocenters. The van der Waals surface area contributed by atoms with Crippen molar-refractivity contribution < 1.29 is 13.2 Å². The second-order valence-corrected chi connectivity index (χ2v) is 4.78. The Morgan fingerprint density at radius 2 is 1.58 bits per heavy atom. The van der Waals surface area contributed by atoms with Crippen molar-refractivity contribution in [1.82, 2.24) is 0 Å². The van der Waals surface area contributed by atoms with Gasteiger partial charge in [0.25, 0.3) is 0 Å². The van der Waals surface area contributed by atoms with Gasteiger partial charge in [0, 0.05) is 0 Å². The summed E-state index contributed by atoms with van der Waals surface area (Å²) in [6.07, 6.45) is 0.708. The predicted molar refractivity (Wildman–Crippen MR) is 69.7 cm³/mol. The molecule has 1 unspecified atom stereocenters. The van der Waals surface area contributed by atoms with Crippen molar-refractivity contribution in [1.29, 1.82) is 0 Å². The zero-order chi connectivity index (χ0) is 13.8. The normalized spacial score (nSPS) is 12.4. The van der Waals surface area contributed by atoms with E-state index in [4.69, 9.17) is 11.6 Å². The van der Waals surface area contributed by atoms with E-state index in [9.17, 15) is 13.2 Å². The maximum Gasteiger partial charge on any atom is 0.194 e. The summed E-state index contributed by atoms with van der Waals surface area (Å²) in [5, 5.41) is -0.284. The summed E-state index contributed by atoms with van der Waals surface area (Å²) in [5.74, 6) is -3.73. The molecule has 0 nitrogen and oxygen atoms in total. The standard InChI is InChI=1S/C15H12ClF3/c16-12(10-4-2-1-3-5-10)8-6-11-7-9-13(17)15(19)14(11)18/h1-5,7,9,12H,6,8H2. The number of rotatable bonds is 4. The van der Waals surface area contributed by atoms with Gasteiger partial charge in [0.1, 0.15) is 0 Å². The molecule has 0 saturated heterocycles. The van der Waals surface area contributed by atoms with Crippen LogP contribution in [0.15, 0.2) is 42.5 Å². The average molecular weight is 285 g/mol. The SMILES string of the molecule is Fc1ccc(CCC(Cl)c2ccccc2)c(F)c1F. The van der Waals surface area contributed by atoms with Crippen molar-refractivity contribution in [3.63, 3.8) is 0 Å². The van der Waals surface area contributed by atoms with Crippen molar-refractivity contribution in [2.24, 2.45) is 0 Å². The van der Waals surface area contributed by atoms with Crippen LogP contribution in [0.25, 0.3) is 0 Å². The lowest BCUT2D eigenvalue weighted by atomic mass is 10.0. The lowest BCUT2D eigenvalue weighted by Gasteiger charge is -2.10. The smallest absolute Gasteiger partial charge is 0.194 e. The quantitative estimate of drug-likeness (QED) is 0.546. The number of alkyl halides is 1. The Balaban J connectivity index is 2.05. The molecule has 0 fully saturated rings. The van der Waals surface area contributed by atoms with Crippen LogP contribution in [0.3, 0.4) is 0 Å². The fourth-order valence-electron chi connectivity index (χ4n) is 1.87. The van der Waals surface area contributed by atoms with Crippen LogP contribution in [-0.2, 0) is 6.42 Å². The zero-order valence-corrected chi connectivity index (χ0v) is 10.8. The van der Waals surface area contributed by atoms with Gasteiger partial charge in [-0.1, -0.05) is 36.4 Å². The Bertz CT molecular complexity index is 555. The average Bonchev–Trinajstić information content (AvgIpc) is 2.45. The minimum Gasteiger partial charge on any atom is -0.204 e. The van der Waals surface area contributed by atoms with Crippen molar-refractivity contribution in [2.45, 2.75) is 18.2 Å². The van der Waals surface area contributed by atoms with E-state index in [-0.39, 0.29) is 17.4 Å². The van der Waals surface area contributed by atoms with E-state index in [0.717, 1.165) is 11.6 Å². The Kier molecular flexibility index (Phi) is 4.48. The fraction of sp³-hybridized carbons (Fsp3) is 0.200. The van der Waals surface area contributed by atoms with Crippen molar-refractivity contribution in [3.05, 3.63) is 71.0 Å². The first-order valence-electron chi connectivity index (χ1n) is 5.91. The largest absolute Gasteiger partial charge is 0.204 e. The Hall–Kier alpha value is -1.48. The summed E-state index contributed by atoms with van der Waals surface area (Å²) in [6.45, 7) is 0. The zero-order valence-electron chi connectivity index (χ0n) is 10.0. The molecule has 0 bridgehead atoms. The van der Waals surface area contributed by atoms with E-state index >= 15 is 0 Å². The monoisotopic (exact) mass is 284 g/mol. The van der Waals surface area contributed by atoms with Crippen LogP contribution >= 0.6 is 11.6 Å².